The molecule has 1 unspecified atom stereocenters. The molecule has 0 fully saturated rings. The lowest BCUT2D eigenvalue weighted by Gasteiger charge is -2.19. The van der Waals surface area contributed by atoms with Crippen LogP contribution in [0.1, 0.15) is 45.6 Å². The van der Waals surface area contributed by atoms with Crippen LogP contribution in [-0.4, -0.2) is 42.6 Å². The number of nitrogens with two attached hydrogens (primary N) is 2. The number of ether oxygens (including phenoxy) is 1. The van der Waals surface area contributed by atoms with Crippen molar-refractivity contribution in [2.24, 2.45) is 11.5 Å². The van der Waals surface area contributed by atoms with Crippen molar-refractivity contribution < 1.29 is 19.1 Å². The lowest BCUT2D eigenvalue weighted by atomic mass is 10.1. The molecule has 158 valence electrons. The van der Waals surface area contributed by atoms with Gasteiger partial charge in [-0.2, -0.15) is 0 Å². The maximum atomic E-state index is 11.4. The quantitative estimate of drug-likeness (QED) is 0.497. The second-order valence-corrected chi connectivity index (χ2v) is 7.37. The van der Waals surface area contributed by atoms with Crippen LogP contribution in [0.5, 0.6) is 0 Å². The van der Waals surface area contributed by atoms with E-state index < -0.39 is 29.6 Å². The highest BCUT2D eigenvalue weighted by atomic mass is 16.6. The van der Waals surface area contributed by atoms with Crippen molar-refractivity contribution >= 4 is 17.9 Å². The fourth-order valence-electron chi connectivity index (χ4n) is 1.96. The molecule has 0 aliphatic carbocycles. The average Bonchev–Trinajstić information content (AvgIpc) is 2.58. The predicted octanol–water partition coefficient (Wildman–Crippen LogP) is 1.61. The molecule has 3 amide bonds. The first-order valence-electron chi connectivity index (χ1n) is 9.31. The Balaban J connectivity index is 0.000000861. The number of alkyl carbamates (subject to hydrolysis) is 1. The van der Waals surface area contributed by atoms with Gasteiger partial charge in [0.1, 0.15) is 5.60 Å². The Hall–Kier alpha value is -2.61. The third-order valence-corrected chi connectivity index (χ3v) is 3.32. The van der Waals surface area contributed by atoms with Crippen LogP contribution in [0.3, 0.4) is 0 Å². The molecule has 1 rings (SSSR count). The molecule has 6 N–H and O–H groups in total. The van der Waals surface area contributed by atoms with Gasteiger partial charge in [-0.05, 0) is 47.0 Å². The number of hydrogen-bond acceptors (Lipinski definition) is 5. The molecule has 0 saturated heterocycles. The number of carbonyl (C=O) groups excluding carboxylic acids is 3. The predicted molar refractivity (Wildman–Crippen MR) is 109 cm³/mol. The summed E-state index contributed by atoms with van der Waals surface area (Å²) in [6.07, 6.45) is 1.34. The summed E-state index contributed by atoms with van der Waals surface area (Å²) in [5, 5.41) is 4.96. The van der Waals surface area contributed by atoms with Crippen LogP contribution in [0.4, 0.5) is 4.79 Å². The topological polar surface area (TPSA) is 137 Å². The molecule has 0 radical (unpaired) electrons. The third kappa shape index (κ3) is 15.6. The van der Waals surface area contributed by atoms with Gasteiger partial charge in [-0.3, -0.25) is 9.59 Å². The second-order valence-electron chi connectivity index (χ2n) is 7.37. The number of aryl methyl sites for hydroxylation is 1. The smallest absolute Gasteiger partial charge is 0.407 e. The summed E-state index contributed by atoms with van der Waals surface area (Å²) in [5.41, 5.74) is 11.4. The van der Waals surface area contributed by atoms with Gasteiger partial charge in [0, 0.05) is 6.54 Å². The summed E-state index contributed by atoms with van der Waals surface area (Å²) in [4.78, 5) is 33.3. The molecule has 1 aromatic carbocycles. The molecule has 0 aliphatic heterocycles. The van der Waals surface area contributed by atoms with Crippen LogP contribution in [-0.2, 0) is 14.3 Å². The first-order valence-corrected chi connectivity index (χ1v) is 9.31. The molecule has 1 atom stereocenters. The average molecular weight is 395 g/mol. The van der Waals surface area contributed by atoms with Crippen molar-refractivity contribution in [3.05, 3.63) is 35.9 Å². The summed E-state index contributed by atoms with van der Waals surface area (Å²) in [7, 11) is 0. The minimum absolute atomic E-state index is 0.216. The van der Waals surface area contributed by atoms with E-state index in [9.17, 15) is 14.4 Å². The van der Waals surface area contributed by atoms with Crippen molar-refractivity contribution in [3.8, 4) is 0 Å². The SMILES string of the molecule is CC(C)(C)OC(=O)NCCCCC(N)C(=O)NCC(N)=O.Cc1ccccc1. The Labute approximate surface area is 167 Å². The molecule has 0 saturated carbocycles. The lowest BCUT2D eigenvalue weighted by molar-refractivity contribution is -0.125. The number of rotatable bonds is 8. The van der Waals surface area contributed by atoms with Crippen LogP contribution in [0.25, 0.3) is 0 Å². The maximum Gasteiger partial charge on any atom is 0.407 e. The van der Waals surface area contributed by atoms with Gasteiger partial charge >= 0.3 is 6.09 Å². The van der Waals surface area contributed by atoms with Gasteiger partial charge in [-0.15, -0.1) is 0 Å². The van der Waals surface area contributed by atoms with Crippen molar-refractivity contribution in [3.63, 3.8) is 0 Å². The number of primary amides is 1. The monoisotopic (exact) mass is 394 g/mol. The maximum absolute atomic E-state index is 11.4. The fourth-order valence-corrected chi connectivity index (χ4v) is 1.96. The zero-order valence-electron chi connectivity index (χ0n) is 17.3. The molecule has 0 aromatic heterocycles. The number of amides is 3. The number of nitrogens with one attached hydrogen (secondary N) is 2. The molecule has 8 nitrogen and oxygen atoms in total. The second kappa shape index (κ2) is 13.5. The van der Waals surface area contributed by atoms with E-state index in [0.717, 1.165) is 0 Å². The third-order valence-electron chi connectivity index (χ3n) is 3.32. The minimum Gasteiger partial charge on any atom is -0.444 e. The Morgan fingerprint density at radius 1 is 1.07 bits per heavy atom. The summed E-state index contributed by atoms with van der Waals surface area (Å²) in [6, 6.07) is 9.57. The van der Waals surface area contributed by atoms with Crippen molar-refractivity contribution in [1.82, 2.24) is 10.6 Å². The Morgan fingerprint density at radius 3 is 2.14 bits per heavy atom. The summed E-state index contributed by atoms with van der Waals surface area (Å²) in [5.74, 6) is -1.02. The zero-order chi connectivity index (χ0) is 21.6. The van der Waals surface area contributed by atoms with Gasteiger partial charge in [0.05, 0.1) is 12.6 Å². The first kappa shape index (κ1) is 25.4. The molecule has 28 heavy (non-hydrogen) atoms. The number of unbranched alkanes of at least 4 members (excludes halogenated alkanes) is 1. The van der Waals surface area contributed by atoms with Crippen LogP contribution in [0.2, 0.25) is 0 Å². The van der Waals surface area contributed by atoms with Crippen LogP contribution >= 0.6 is 0 Å². The number of carbonyl (C=O) groups is 3. The largest absolute Gasteiger partial charge is 0.444 e. The van der Waals surface area contributed by atoms with E-state index in [0.29, 0.717) is 25.8 Å². The van der Waals surface area contributed by atoms with E-state index in [-0.39, 0.29) is 6.54 Å². The molecule has 1 aromatic rings. The van der Waals surface area contributed by atoms with E-state index in [2.05, 4.69) is 29.7 Å². The summed E-state index contributed by atoms with van der Waals surface area (Å²) >= 11 is 0. The fraction of sp³-hybridized carbons (Fsp3) is 0.550. The van der Waals surface area contributed by atoms with E-state index in [1.54, 1.807) is 20.8 Å². The normalized spacial score (nSPS) is 11.5. The lowest BCUT2D eigenvalue weighted by Crippen LogP contribution is -2.43. The van der Waals surface area contributed by atoms with Gasteiger partial charge in [0.2, 0.25) is 11.8 Å². The van der Waals surface area contributed by atoms with Gasteiger partial charge < -0.3 is 26.8 Å². The molecular formula is C20H34N4O4. The van der Waals surface area contributed by atoms with Gasteiger partial charge in [0.25, 0.3) is 0 Å². The molecule has 0 spiro atoms. The van der Waals surface area contributed by atoms with E-state index >= 15 is 0 Å². The van der Waals surface area contributed by atoms with Crippen molar-refractivity contribution in [1.29, 1.82) is 0 Å². The minimum atomic E-state index is -0.689. The van der Waals surface area contributed by atoms with E-state index in [4.69, 9.17) is 16.2 Å². The molecule has 0 bridgehead atoms. The number of benzene rings is 1. The van der Waals surface area contributed by atoms with Gasteiger partial charge in [-0.1, -0.05) is 35.9 Å². The molecule has 0 heterocycles. The van der Waals surface area contributed by atoms with Crippen LogP contribution in [0, 0.1) is 6.92 Å². The number of hydrogen-bond donors (Lipinski definition) is 4. The summed E-state index contributed by atoms with van der Waals surface area (Å²) in [6.45, 7) is 7.68. The first-order chi connectivity index (χ1) is 13.0. The van der Waals surface area contributed by atoms with Crippen molar-refractivity contribution in [2.75, 3.05) is 13.1 Å². The highest BCUT2D eigenvalue weighted by Crippen LogP contribution is 2.06. The van der Waals surface area contributed by atoms with E-state index in [1.165, 1.54) is 5.56 Å². The van der Waals surface area contributed by atoms with Crippen molar-refractivity contribution in [2.45, 2.75) is 58.6 Å². The van der Waals surface area contributed by atoms with Crippen LogP contribution < -0.4 is 22.1 Å². The highest BCUT2D eigenvalue weighted by molar-refractivity contribution is 5.86. The molecule has 0 aliphatic rings. The standard InChI is InChI=1S/C13H26N4O4.C7H8/c1-13(2,3)21-12(20)16-7-5-4-6-9(14)11(19)17-8-10(15)18;1-7-5-3-2-4-6-7/h9H,4-8,14H2,1-3H3,(H2,15,18)(H,16,20)(H,17,19);2-6H,1H3. The zero-order valence-corrected chi connectivity index (χ0v) is 17.3. The highest BCUT2D eigenvalue weighted by Gasteiger charge is 2.16. The molecular weight excluding hydrogens is 360 g/mol. The van der Waals surface area contributed by atoms with E-state index in [1.807, 2.05) is 18.2 Å². The van der Waals surface area contributed by atoms with Gasteiger partial charge in [-0.25, -0.2) is 4.79 Å². The Morgan fingerprint density at radius 2 is 1.68 bits per heavy atom. The molecule has 8 heteroatoms. The summed E-state index contributed by atoms with van der Waals surface area (Å²) < 4.78 is 5.08. The Kier molecular flexibility index (Phi) is 12.3. The van der Waals surface area contributed by atoms with Crippen LogP contribution in [0.15, 0.2) is 30.3 Å². The Bertz CT molecular complexity index is 600. The van der Waals surface area contributed by atoms with Gasteiger partial charge in [0.15, 0.2) is 0 Å².